The van der Waals surface area contributed by atoms with Gasteiger partial charge in [0.05, 0.1) is 7.11 Å². The minimum absolute atomic E-state index is 0.0349. The quantitative estimate of drug-likeness (QED) is 0.567. The van der Waals surface area contributed by atoms with Crippen molar-refractivity contribution in [3.8, 4) is 0 Å². The first-order chi connectivity index (χ1) is 8.64. The molecule has 0 saturated carbocycles. The summed E-state index contributed by atoms with van der Waals surface area (Å²) in [6.45, 7) is 8.91. The standard InChI is InChI=1S/C13H25NO5/c1-9(2)10(11(15)18-7)14(8-17-6)12(16)19-13(3,4)5/h9-10H,8H2,1-7H3/t10-/m0/s1. The number of nitrogens with zero attached hydrogens (tertiary/aromatic N) is 1. The molecule has 112 valence electrons. The fourth-order valence-electron chi connectivity index (χ4n) is 1.59. The molecule has 0 heterocycles. The monoisotopic (exact) mass is 275 g/mol. The first kappa shape index (κ1) is 17.7. The van der Waals surface area contributed by atoms with Gasteiger partial charge in [0, 0.05) is 7.11 Å². The van der Waals surface area contributed by atoms with Crippen molar-refractivity contribution in [2.75, 3.05) is 21.0 Å². The molecule has 0 radical (unpaired) electrons. The first-order valence-corrected chi connectivity index (χ1v) is 6.20. The van der Waals surface area contributed by atoms with Gasteiger partial charge in [-0.2, -0.15) is 0 Å². The molecule has 6 heteroatoms. The zero-order valence-electron chi connectivity index (χ0n) is 12.9. The normalized spacial score (nSPS) is 13.1. The van der Waals surface area contributed by atoms with Gasteiger partial charge in [-0.25, -0.2) is 9.59 Å². The average Bonchev–Trinajstić information content (AvgIpc) is 2.25. The van der Waals surface area contributed by atoms with E-state index in [1.165, 1.54) is 19.1 Å². The predicted octanol–water partition coefficient (Wildman–Crippen LogP) is 2.02. The summed E-state index contributed by atoms with van der Waals surface area (Å²) in [7, 11) is 2.74. The Bertz CT molecular complexity index is 309. The van der Waals surface area contributed by atoms with Gasteiger partial charge in [0.15, 0.2) is 0 Å². The van der Waals surface area contributed by atoms with Crippen molar-refractivity contribution in [3.05, 3.63) is 0 Å². The summed E-state index contributed by atoms with van der Waals surface area (Å²) in [5.41, 5.74) is -0.638. The second kappa shape index (κ2) is 7.33. The van der Waals surface area contributed by atoms with Crippen LogP contribution in [-0.4, -0.2) is 49.6 Å². The van der Waals surface area contributed by atoms with Gasteiger partial charge >= 0.3 is 12.1 Å². The molecule has 0 bridgehead atoms. The summed E-state index contributed by atoms with van der Waals surface area (Å²) in [5.74, 6) is -0.604. The molecular formula is C13H25NO5. The fraction of sp³-hybridized carbons (Fsp3) is 0.846. The molecule has 0 aromatic rings. The van der Waals surface area contributed by atoms with Crippen molar-refractivity contribution in [1.29, 1.82) is 0 Å². The first-order valence-electron chi connectivity index (χ1n) is 6.20. The Balaban J connectivity index is 5.14. The molecule has 0 aliphatic carbocycles. The number of ether oxygens (including phenoxy) is 3. The number of methoxy groups -OCH3 is 2. The van der Waals surface area contributed by atoms with Gasteiger partial charge in [-0.3, -0.25) is 4.90 Å². The van der Waals surface area contributed by atoms with Gasteiger partial charge in [-0.15, -0.1) is 0 Å². The van der Waals surface area contributed by atoms with Crippen LogP contribution in [0, 0.1) is 5.92 Å². The van der Waals surface area contributed by atoms with E-state index >= 15 is 0 Å². The number of rotatable bonds is 5. The molecule has 0 saturated heterocycles. The summed E-state index contributed by atoms with van der Waals surface area (Å²) in [6, 6.07) is -0.736. The lowest BCUT2D eigenvalue weighted by molar-refractivity contribution is -0.150. The predicted molar refractivity (Wildman–Crippen MR) is 70.6 cm³/mol. The third-order valence-corrected chi connectivity index (χ3v) is 2.31. The van der Waals surface area contributed by atoms with Gasteiger partial charge < -0.3 is 14.2 Å². The average molecular weight is 275 g/mol. The maximum absolute atomic E-state index is 12.1. The molecule has 0 aromatic heterocycles. The molecule has 0 aliphatic rings. The smallest absolute Gasteiger partial charge is 0.412 e. The number of carbonyl (C=O) groups excluding carboxylic acids is 2. The molecule has 19 heavy (non-hydrogen) atoms. The van der Waals surface area contributed by atoms with Crippen LogP contribution in [0.3, 0.4) is 0 Å². The Morgan fingerprint density at radius 1 is 1.16 bits per heavy atom. The van der Waals surface area contributed by atoms with E-state index in [9.17, 15) is 9.59 Å². The fourth-order valence-corrected chi connectivity index (χ4v) is 1.59. The summed E-state index contributed by atoms with van der Waals surface area (Å²) in [4.78, 5) is 25.2. The zero-order valence-corrected chi connectivity index (χ0v) is 12.9. The molecule has 0 aromatic carbocycles. The molecule has 0 unspecified atom stereocenters. The molecule has 1 amide bonds. The minimum atomic E-state index is -0.736. The van der Waals surface area contributed by atoms with E-state index in [0.717, 1.165) is 0 Å². The number of hydrogen-bond acceptors (Lipinski definition) is 5. The molecule has 0 rings (SSSR count). The van der Waals surface area contributed by atoms with Crippen LogP contribution in [-0.2, 0) is 19.0 Å². The van der Waals surface area contributed by atoms with Gasteiger partial charge in [0.25, 0.3) is 0 Å². The van der Waals surface area contributed by atoms with Gasteiger partial charge in [0.1, 0.15) is 18.4 Å². The van der Waals surface area contributed by atoms with E-state index in [2.05, 4.69) is 0 Å². The van der Waals surface area contributed by atoms with Gasteiger partial charge in [-0.1, -0.05) is 13.8 Å². The van der Waals surface area contributed by atoms with Crippen LogP contribution in [0.15, 0.2) is 0 Å². The lowest BCUT2D eigenvalue weighted by Crippen LogP contribution is -2.51. The molecular weight excluding hydrogens is 250 g/mol. The molecule has 1 atom stereocenters. The van der Waals surface area contributed by atoms with E-state index in [0.29, 0.717) is 0 Å². The van der Waals surface area contributed by atoms with E-state index in [1.807, 2.05) is 13.8 Å². The maximum atomic E-state index is 12.1. The molecule has 6 nitrogen and oxygen atoms in total. The van der Waals surface area contributed by atoms with Gasteiger partial charge in [0.2, 0.25) is 0 Å². The number of amides is 1. The Hall–Kier alpha value is -1.30. The van der Waals surface area contributed by atoms with Crippen LogP contribution in [0.4, 0.5) is 4.79 Å². The second-order valence-corrected chi connectivity index (χ2v) is 5.58. The van der Waals surface area contributed by atoms with Crippen molar-refractivity contribution in [2.45, 2.75) is 46.3 Å². The van der Waals surface area contributed by atoms with Crippen molar-refractivity contribution in [3.63, 3.8) is 0 Å². The third kappa shape index (κ3) is 5.92. The number of carbonyl (C=O) groups is 2. The van der Waals surface area contributed by atoms with Gasteiger partial charge in [-0.05, 0) is 26.7 Å². The number of hydrogen-bond donors (Lipinski definition) is 0. The van der Waals surface area contributed by atoms with Crippen LogP contribution in [0.25, 0.3) is 0 Å². The van der Waals surface area contributed by atoms with Crippen LogP contribution >= 0.6 is 0 Å². The highest BCUT2D eigenvalue weighted by molar-refractivity contribution is 5.81. The molecule has 0 fully saturated rings. The molecule has 0 spiro atoms. The molecule has 0 aliphatic heterocycles. The Morgan fingerprint density at radius 2 is 1.68 bits per heavy atom. The Kier molecular flexibility index (Phi) is 6.83. The second-order valence-electron chi connectivity index (χ2n) is 5.58. The minimum Gasteiger partial charge on any atom is -0.467 e. The summed E-state index contributed by atoms with van der Waals surface area (Å²) in [5, 5.41) is 0. The van der Waals surface area contributed by atoms with Crippen LogP contribution in [0.2, 0.25) is 0 Å². The van der Waals surface area contributed by atoms with Crippen LogP contribution in [0.1, 0.15) is 34.6 Å². The number of esters is 1. The highest BCUT2D eigenvalue weighted by Gasteiger charge is 2.35. The highest BCUT2D eigenvalue weighted by Crippen LogP contribution is 2.17. The third-order valence-electron chi connectivity index (χ3n) is 2.31. The van der Waals surface area contributed by atoms with E-state index in [-0.39, 0.29) is 12.6 Å². The Labute approximate surface area is 115 Å². The lowest BCUT2D eigenvalue weighted by Gasteiger charge is -2.33. The van der Waals surface area contributed by atoms with Crippen LogP contribution < -0.4 is 0 Å². The summed E-state index contributed by atoms with van der Waals surface area (Å²) in [6.07, 6.45) is -0.599. The topological polar surface area (TPSA) is 65.1 Å². The Morgan fingerprint density at radius 3 is 2.00 bits per heavy atom. The van der Waals surface area contributed by atoms with E-state index < -0.39 is 23.7 Å². The molecule has 0 N–H and O–H groups in total. The maximum Gasteiger partial charge on any atom is 0.412 e. The van der Waals surface area contributed by atoms with Crippen molar-refractivity contribution < 1.29 is 23.8 Å². The SMILES string of the molecule is COCN(C(=O)OC(C)(C)C)[C@H](C(=O)OC)C(C)C. The summed E-state index contributed by atoms with van der Waals surface area (Å²) >= 11 is 0. The largest absolute Gasteiger partial charge is 0.467 e. The van der Waals surface area contributed by atoms with Crippen molar-refractivity contribution >= 4 is 12.1 Å². The van der Waals surface area contributed by atoms with Crippen molar-refractivity contribution in [2.24, 2.45) is 5.92 Å². The zero-order chi connectivity index (χ0) is 15.2. The summed E-state index contributed by atoms with van der Waals surface area (Å²) < 4.78 is 15.0. The van der Waals surface area contributed by atoms with E-state index in [1.54, 1.807) is 20.8 Å². The van der Waals surface area contributed by atoms with Crippen LogP contribution in [0.5, 0.6) is 0 Å². The van der Waals surface area contributed by atoms with Crippen molar-refractivity contribution in [1.82, 2.24) is 4.90 Å². The van der Waals surface area contributed by atoms with E-state index in [4.69, 9.17) is 14.2 Å². The highest BCUT2D eigenvalue weighted by atomic mass is 16.6. The lowest BCUT2D eigenvalue weighted by atomic mass is 10.0.